The van der Waals surface area contributed by atoms with Gasteiger partial charge in [0, 0.05) is 6.42 Å². The fourth-order valence-corrected chi connectivity index (χ4v) is 8.52. The van der Waals surface area contributed by atoms with E-state index in [-0.39, 0.29) is 18.9 Å². The van der Waals surface area contributed by atoms with Crippen LogP contribution in [0.3, 0.4) is 0 Å². The SMILES string of the molecule is CCCCCCCCCCCCCCCCCC/C=C/CC/C=C/C(O)C(COC1OC(CO)C(OC2OC(CO)C(OC3OC(CO)C(O)C(O)C3O)C(O)C2O)C(O)C1O)NC(=O)CC. The highest BCUT2D eigenvalue weighted by Gasteiger charge is 2.53. The Labute approximate surface area is 397 Å². The van der Waals surface area contributed by atoms with Crippen LogP contribution >= 0.6 is 0 Å². The molecule has 67 heavy (non-hydrogen) atoms. The van der Waals surface area contributed by atoms with Gasteiger partial charge < -0.3 is 89.9 Å². The van der Waals surface area contributed by atoms with Gasteiger partial charge in [0.05, 0.1) is 38.6 Å². The number of unbranched alkanes of at least 4 members (excludes halogenated alkanes) is 17. The zero-order valence-corrected chi connectivity index (χ0v) is 39.9. The standard InChI is InChI=1S/C48H87NO18/c1-3-5-6-7-8-9-10-11-12-13-14-15-16-17-18-19-20-21-22-23-24-25-26-32(53)31(49-36(54)4-2)30-62-46-42(60)39(57)44(34(28-51)64-46)67-48-43(61)40(58)45(35(29-52)65-48)66-47-41(59)38(56)37(55)33(27-50)63-47/h21-22,25-26,31-35,37-48,50-53,55-61H,3-20,23-24,27-30H2,1-2H3,(H,49,54)/b22-21+,26-25+. The summed E-state index contributed by atoms with van der Waals surface area (Å²) in [7, 11) is 0. The van der Waals surface area contributed by atoms with Crippen molar-refractivity contribution in [2.24, 2.45) is 0 Å². The lowest BCUT2D eigenvalue weighted by Crippen LogP contribution is -2.66. The van der Waals surface area contributed by atoms with Crippen LogP contribution in [0.4, 0.5) is 0 Å². The van der Waals surface area contributed by atoms with Gasteiger partial charge in [0.25, 0.3) is 0 Å². The van der Waals surface area contributed by atoms with Crippen LogP contribution in [0, 0.1) is 0 Å². The summed E-state index contributed by atoms with van der Waals surface area (Å²) in [4.78, 5) is 12.4. The molecule has 3 aliphatic heterocycles. The summed E-state index contributed by atoms with van der Waals surface area (Å²) < 4.78 is 33.7. The van der Waals surface area contributed by atoms with E-state index in [4.69, 9.17) is 28.4 Å². The van der Waals surface area contributed by atoms with Crippen molar-refractivity contribution in [1.82, 2.24) is 5.32 Å². The Morgan fingerprint density at radius 1 is 0.522 bits per heavy atom. The number of aliphatic hydroxyl groups excluding tert-OH is 11. The van der Waals surface area contributed by atoms with Crippen molar-refractivity contribution in [3.05, 3.63) is 24.3 Å². The van der Waals surface area contributed by atoms with Gasteiger partial charge in [-0.1, -0.05) is 134 Å². The molecule has 0 aromatic heterocycles. The molecule has 0 radical (unpaired) electrons. The number of carbonyl (C=O) groups is 1. The summed E-state index contributed by atoms with van der Waals surface area (Å²) in [6.45, 7) is 1.10. The predicted octanol–water partition coefficient (Wildman–Crippen LogP) is 1.25. The summed E-state index contributed by atoms with van der Waals surface area (Å²) in [6.07, 6.45) is 4.81. The van der Waals surface area contributed by atoms with Crippen LogP contribution in [0.5, 0.6) is 0 Å². The van der Waals surface area contributed by atoms with Gasteiger partial charge in [0.2, 0.25) is 5.91 Å². The van der Waals surface area contributed by atoms with E-state index < -0.39 is 124 Å². The first-order valence-electron chi connectivity index (χ1n) is 25.1. The molecule has 12 N–H and O–H groups in total. The number of carbonyl (C=O) groups excluding carboxylic acids is 1. The maximum absolute atomic E-state index is 12.4. The number of allylic oxidation sites excluding steroid dienone is 3. The molecule has 3 aliphatic rings. The van der Waals surface area contributed by atoms with Gasteiger partial charge in [0.15, 0.2) is 18.9 Å². The zero-order valence-electron chi connectivity index (χ0n) is 39.9. The van der Waals surface area contributed by atoms with E-state index >= 15 is 0 Å². The molecule has 17 atom stereocenters. The Morgan fingerprint density at radius 3 is 1.43 bits per heavy atom. The number of rotatable bonds is 34. The van der Waals surface area contributed by atoms with E-state index in [1.165, 1.54) is 96.3 Å². The largest absolute Gasteiger partial charge is 0.394 e. The number of aliphatic hydroxyl groups is 11. The molecule has 0 spiro atoms. The number of amides is 1. The summed E-state index contributed by atoms with van der Waals surface area (Å²) in [5, 5.41) is 118. The predicted molar refractivity (Wildman–Crippen MR) is 245 cm³/mol. The Bertz CT molecular complexity index is 1340. The number of hydrogen-bond donors (Lipinski definition) is 12. The molecule has 3 rings (SSSR count). The average molecular weight is 966 g/mol. The number of nitrogens with one attached hydrogen (secondary N) is 1. The second-order valence-electron chi connectivity index (χ2n) is 18.2. The van der Waals surface area contributed by atoms with Gasteiger partial charge in [0.1, 0.15) is 73.2 Å². The van der Waals surface area contributed by atoms with E-state index in [2.05, 4.69) is 24.4 Å². The van der Waals surface area contributed by atoms with Crippen LogP contribution in [-0.2, 0) is 33.2 Å². The molecule has 0 aliphatic carbocycles. The van der Waals surface area contributed by atoms with Crippen molar-refractivity contribution in [3.63, 3.8) is 0 Å². The zero-order chi connectivity index (χ0) is 49.1. The highest BCUT2D eigenvalue weighted by Crippen LogP contribution is 2.33. The van der Waals surface area contributed by atoms with Crippen molar-refractivity contribution < 1.29 is 89.4 Å². The molecule has 19 heteroatoms. The van der Waals surface area contributed by atoms with Crippen LogP contribution in [0.15, 0.2) is 24.3 Å². The van der Waals surface area contributed by atoms with E-state index in [0.29, 0.717) is 6.42 Å². The number of ether oxygens (including phenoxy) is 6. The van der Waals surface area contributed by atoms with E-state index in [0.717, 1.165) is 19.3 Å². The van der Waals surface area contributed by atoms with Crippen LogP contribution in [0.1, 0.15) is 142 Å². The fraction of sp³-hybridized carbons (Fsp3) is 0.896. The molecule has 3 fully saturated rings. The second-order valence-corrected chi connectivity index (χ2v) is 18.2. The summed E-state index contributed by atoms with van der Waals surface area (Å²) in [5.41, 5.74) is 0. The minimum absolute atomic E-state index is 0.117. The lowest BCUT2D eigenvalue weighted by atomic mass is 9.96. The quantitative estimate of drug-likeness (QED) is 0.0319. The van der Waals surface area contributed by atoms with Crippen molar-refractivity contribution in [2.45, 2.75) is 247 Å². The third-order valence-electron chi connectivity index (χ3n) is 12.8. The van der Waals surface area contributed by atoms with Gasteiger partial charge in [-0.2, -0.15) is 0 Å². The molecule has 0 aromatic carbocycles. The van der Waals surface area contributed by atoms with Crippen molar-refractivity contribution in [1.29, 1.82) is 0 Å². The van der Waals surface area contributed by atoms with Crippen LogP contribution in [-0.4, -0.2) is 193 Å². The monoisotopic (exact) mass is 966 g/mol. The fourth-order valence-electron chi connectivity index (χ4n) is 8.52. The third kappa shape index (κ3) is 20.1. The normalized spacial score (nSPS) is 33.7. The molecule has 3 heterocycles. The maximum Gasteiger partial charge on any atom is 0.220 e. The molecule has 392 valence electrons. The van der Waals surface area contributed by atoms with Crippen molar-refractivity contribution in [2.75, 3.05) is 26.4 Å². The van der Waals surface area contributed by atoms with E-state index in [9.17, 15) is 61.0 Å². The Balaban J connectivity index is 1.40. The molecular weight excluding hydrogens is 879 g/mol. The Morgan fingerprint density at radius 2 is 0.940 bits per heavy atom. The first kappa shape index (κ1) is 59.6. The average Bonchev–Trinajstić information content (AvgIpc) is 3.33. The van der Waals surface area contributed by atoms with E-state index in [1.54, 1.807) is 19.1 Å². The van der Waals surface area contributed by atoms with Crippen molar-refractivity contribution in [3.8, 4) is 0 Å². The molecule has 17 unspecified atom stereocenters. The summed E-state index contributed by atoms with van der Waals surface area (Å²) in [6, 6.07) is -0.982. The number of hydrogen-bond acceptors (Lipinski definition) is 18. The molecule has 1 amide bonds. The first-order chi connectivity index (χ1) is 32.3. The van der Waals surface area contributed by atoms with E-state index in [1.807, 2.05) is 0 Å². The topological polar surface area (TPSA) is 307 Å². The molecule has 19 nitrogen and oxygen atoms in total. The highest BCUT2D eigenvalue weighted by atomic mass is 16.8. The molecule has 0 aromatic rings. The van der Waals surface area contributed by atoms with Gasteiger partial charge >= 0.3 is 0 Å². The van der Waals surface area contributed by atoms with Crippen LogP contribution < -0.4 is 5.32 Å². The Kier molecular flexibility index (Phi) is 30.0. The van der Waals surface area contributed by atoms with Gasteiger partial charge in [-0.05, 0) is 25.7 Å². The molecular formula is C48H87NO18. The second kappa shape index (κ2) is 33.8. The van der Waals surface area contributed by atoms with Crippen LogP contribution in [0.25, 0.3) is 0 Å². The van der Waals surface area contributed by atoms with Gasteiger partial charge in [-0.15, -0.1) is 0 Å². The highest BCUT2D eigenvalue weighted by molar-refractivity contribution is 5.75. The smallest absolute Gasteiger partial charge is 0.220 e. The minimum Gasteiger partial charge on any atom is -0.394 e. The van der Waals surface area contributed by atoms with Gasteiger partial charge in [-0.25, -0.2) is 0 Å². The van der Waals surface area contributed by atoms with Crippen LogP contribution in [0.2, 0.25) is 0 Å². The molecule has 0 saturated carbocycles. The van der Waals surface area contributed by atoms with Gasteiger partial charge in [-0.3, -0.25) is 4.79 Å². The molecule has 3 saturated heterocycles. The minimum atomic E-state index is -1.97. The lowest BCUT2D eigenvalue weighted by molar-refractivity contribution is -0.379. The summed E-state index contributed by atoms with van der Waals surface area (Å²) in [5.74, 6) is -0.375. The molecule has 0 bridgehead atoms. The third-order valence-corrected chi connectivity index (χ3v) is 12.8. The maximum atomic E-state index is 12.4. The Hall–Kier alpha value is -1.73. The van der Waals surface area contributed by atoms with Crippen molar-refractivity contribution >= 4 is 5.91 Å². The first-order valence-corrected chi connectivity index (χ1v) is 25.1. The summed E-state index contributed by atoms with van der Waals surface area (Å²) >= 11 is 0. The lowest BCUT2D eigenvalue weighted by Gasteiger charge is -2.48.